The summed E-state index contributed by atoms with van der Waals surface area (Å²) in [5.74, 6) is -1.33. The molecule has 0 bridgehead atoms. The Morgan fingerprint density at radius 1 is 1.65 bits per heavy atom. The van der Waals surface area contributed by atoms with Crippen LogP contribution in [0.3, 0.4) is 0 Å². The van der Waals surface area contributed by atoms with Gasteiger partial charge >= 0.3 is 5.97 Å². The fraction of sp³-hybridized carbons (Fsp3) is 0.250. The van der Waals surface area contributed by atoms with Crippen LogP contribution in [-0.4, -0.2) is 21.0 Å². The Bertz CT molecular complexity index is 481. The van der Waals surface area contributed by atoms with Crippen molar-refractivity contribution in [1.29, 1.82) is 0 Å². The molecule has 0 unspecified atom stereocenters. The summed E-state index contributed by atoms with van der Waals surface area (Å²) in [5, 5.41) is 18.6. The number of carboxylic acids is 1. The maximum atomic E-state index is 12.5. The molecule has 0 amide bonds. The van der Waals surface area contributed by atoms with E-state index in [0.717, 1.165) is 0 Å². The summed E-state index contributed by atoms with van der Waals surface area (Å²) in [6.45, 7) is 0. The molecule has 1 heterocycles. The molecular formula is C8H5ClF2N2O4. The molecule has 0 aliphatic rings. The van der Waals surface area contributed by atoms with Crippen LogP contribution in [0, 0.1) is 10.1 Å². The maximum Gasteiger partial charge on any atom is 0.309 e. The summed E-state index contributed by atoms with van der Waals surface area (Å²) in [7, 11) is 0. The minimum atomic E-state index is -3.18. The predicted octanol–water partition coefficient (Wildman–Crippen LogP) is 2.21. The average molecular weight is 267 g/mol. The predicted molar refractivity (Wildman–Crippen MR) is 52.2 cm³/mol. The van der Waals surface area contributed by atoms with E-state index < -0.39 is 35.1 Å². The van der Waals surface area contributed by atoms with Crippen molar-refractivity contribution in [2.45, 2.75) is 12.8 Å². The summed E-state index contributed by atoms with van der Waals surface area (Å²) < 4.78 is 25.0. The van der Waals surface area contributed by atoms with Crippen LogP contribution in [-0.2, 0) is 11.2 Å². The third-order valence-electron chi connectivity index (χ3n) is 1.78. The van der Waals surface area contributed by atoms with Crippen LogP contribution >= 0.6 is 11.6 Å². The van der Waals surface area contributed by atoms with Crippen LogP contribution in [0.25, 0.3) is 0 Å². The van der Waals surface area contributed by atoms with Gasteiger partial charge in [0.15, 0.2) is 5.69 Å². The van der Waals surface area contributed by atoms with Crippen LogP contribution in [0.5, 0.6) is 0 Å². The van der Waals surface area contributed by atoms with Crippen LogP contribution in [0.1, 0.15) is 17.8 Å². The summed E-state index contributed by atoms with van der Waals surface area (Å²) in [5.41, 5.74) is -2.35. The molecule has 17 heavy (non-hydrogen) atoms. The van der Waals surface area contributed by atoms with E-state index in [1.54, 1.807) is 0 Å². The Labute approximate surface area is 98.0 Å². The fourth-order valence-electron chi connectivity index (χ4n) is 1.11. The van der Waals surface area contributed by atoms with Gasteiger partial charge in [-0.2, -0.15) is 0 Å². The van der Waals surface area contributed by atoms with Crippen molar-refractivity contribution in [3.05, 3.63) is 32.6 Å². The second-order valence-corrected chi connectivity index (χ2v) is 3.36. The van der Waals surface area contributed by atoms with Crippen molar-refractivity contribution < 1.29 is 23.6 Å². The molecule has 0 aliphatic carbocycles. The Hall–Kier alpha value is -1.83. The van der Waals surface area contributed by atoms with Crippen molar-refractivity contribution in [2.75, 3.05) is 0 Å². The van der Waals surface area contributed by atoms with Gasteiger partial charge in [-0.3, -0.25) is 14.9 Å². The van der Waals surface area contributed by atoms with Crippen molar-refractivity contribution in [2.24, 2.45) is 0 Å². The van der Waals surface area contributed by atoms with Gasteiger partial charge in [0.1, 0.15) is 0 Å². The van der Waals surface area contributed by atoms with Gasteiger partial charge in [0.25, 0.3) is 12.1 Å². The molecule has 1 rings (SSSR count). The molecule has 92 valence electrons. The Balaban J connectivity index is 3.34. The van der Waals surface area contributed by atoms with Crippen molar-refractivity contribution in [3.63, 3.8) is 0 Å². The number of carbonyl (C=O) groups is 1. The number of halogens is 3. The lowest BCUT2D eigenvalue weighted by Gasteiger charge is -2.05. The molecule has 0 aromatic carbocycles. The number of nitro groups is 1. The first-order valence-electron chi connectivity index (χ1n) is 4.16. The Morgan fingerprint density at radius 2 is 2.24 bits per heavy atom. The fourth-order valence-corrected chi connectivity index (χ4v) is 1.32. The maximum absolute atomic E-state index is 12.5. The first kappa shape index (κ1) is 13.2. The average Bonchev–Trinajstić information content (AvgIpc) is 2.19. The second-order valence-electron chi connectivity index (χ2n) is 2.95. The zero-order valence-corrected chi connectivity index (χ0v) is 8.82. The second kappa shape index (κ2) is 5.00. The van der Waals surface area contributed by atoms with E-state index in [1.807, 2.05) is 0 Å². The van der Waals surface area contributed by atoms with Crippen LogP contribution < -0.4 is 0 Å². The SMILES string of the molecule is O=C(O)Cc1nc(C(F)F)c([N+](=O)[O-])cc1Cl. The van der Waals surface area contributed by atoms with Gasteiger partial charge in [-0.05, 0) is 0 Å². The number of hydrogen-bond acceptors (Lipinski definition) is 4. The summed E-state index contributed by atoms with van der Waals surface area (Å²) in [4.78, 5) is 23.0. The normalized spacial score (nSPS) is 10.6. The summed E-state index contributed by atoms with van der Waals surface area (Å²) in [6.07, 6.45) is -3.86. The zero-order valence-electron chi connectivity index (χ0n) is 8.06. The minimum absolute atomic E-state index is 0.330. The van der Waals surface area contributed by atoms with E-state index in [0.29, 0.717) is 6.07 Å². The van der Waals surface area contributed by atoms with Crippen molar-refractivity contribution >= 4 is 23.3 Å². The van der Waals surface area contributed by atoms with Crippen molar-refractivity contribution in [3.8, 4) is 0 Å². The van der Waals surface area contributed by atoms with E-state index >= 15 is 0 Å². The lowest BCUT2D eigenvalue weighted by atomic mass is 10.2. The molecular weight excluding hydrogens is 262 g/mol. The number of hydrogen-bond donors (Lipinski definition) is 1. The lowest BCUT2D eigenvalue weighted by molar-refractivity contribution is -0.386. The molecule has 0 atom stereocenters. The van der Waals surface area contributed by atoms with Gasteiger partial charge in [0, 0.05) is 6.07 Å². The molecule has 1 N–H and O–H groups in total. The van der Waals surface area contributed by atoms with E-state index in [2.05, 4.69) is 4.98 Å². The summed E-state index contributed by atoms with van der Waals surface area (Å²) >= 11 is 5.52. The minimum Gasteiger partial charge on any atom is -0.481 e. The monoisotopic (exact) mass is 266 g/mol. The first-order chi connectivity index (χ1) is 7.82. The quantitative estimate of drug-likeness (QED) is 0.666. The number of carboxylic acid groups (broad SMARTS) is 1. The topological polar surface area (TPSA) is 93.3 Å². The Kier molecular flexibility index (Phi) is 3.89. The molecule has 6 nitrogen and oxygen atoms in total. The van der Waals surface area contributed by atoms with E-state index in [9.17, 15) is 23.7 Å². The highest BCUT2D eigenvalue weighted by Crippen LogP contribution is 2.31. The Morgan fingerprint density at radius 3 is 2.65 bits per heavy atom. The molecule has 0 radical (unpaired) electrons. The number of aliphatic carboxylic acids is 1. The number of rotatable bonds is 4. The van der Waals surface area contributed by atoms with Gasteiger partial charge in [0.05, 0.1) is 22.1 Å². The van der Waals surface area contributed by atoms with E-state index in [4.69, 9.17) is 16.7 Å². The number of aromatic nitrogens is 1. The molecule has 0 fully saturated rings. The number of nitrogens with zero attached hydrogens (tertiary/aromatic N) is 2. The standard InChI is InChI=1S/C8H5ClF2N2O4/c9-3-1-5(13(16)17)7(8(10)11)12-4(3)2-6(14)15/h1,8H,2H2,(H,14,15). The molecule has 0 saturated heterocycles. The smallest absolute Gasteiger partial charge is 0.309 e. The molecule has 9 heteroatoms. The zero-order chi connectivity index (χ0) is 13.2. The molecule has 0 aliphatic heterocycles. The third kappa shape index (κ3) is 3.06. The third-order valence-corrected chi connectivity index (χ3v) is 2.11. The molecule has 0 saturated carbocycles. The number of alkyl halides is 2. The van der Waals surface area contributed by atoms with Gasteiger partial charge in [-0.1, -0.05) is 11.6 Å². The van der Waals surface area contributed by atoms with Crippen LogP contribution in [0.2, 0.25) is 5.02 Å². The molecule has 1 aromatic heterocycles. The van der Waals surface area contributed by atoms with Gasteiger partial charge in [0.2, 0.25) is 0 Å². The van der Waals surface area contributed by atoms with Crippen LogP contribution in [0.15, 0.2) is 6.07 Å². The molecule has 0 spiro atoms. The lowest BCUT2D eigenvalue weighted by Crippen LogP contribution is -2.07. The highest BCUT2D eigenvalue weighted by atomic mass is 35.5. The van der Waals surface area contributed by atoms with Crippen molar-refractivity contribution in [1.82, 2.24) is 4.98 Å². The highest BCUT2D eigenvalue weighted by Gasteiger charge is 2.26. The molecule has 1 aromatic rings. The number of pyridine rings is 1. The van der Waals surface area contributed by atoms with Gasteiger partial charge in [-0.15, -0.1) is 0 Å². The highest BCUT2D eigenvalue weighted by molar-refractivity contribution is 6.31. The largest absolute Gasteiger partial charge is 0.481 e. The van der Waals surface area contributed by atoms with E-state index in [-0.39, 0.29) is 10.7 Å². The summed E-state index contributed by atoms with van der Waals surface area (Å²) in [6, 6.07) is 0.675. The van der Waals surface area contributed by atoms with Gasteiger partial charge in [-0.25, -0.2) is 13.8 Å². The van der Waals surface area contributed by atoms with Crippen LogP contribution in [0.4, 0.5) is 14.5 Å². The first-order valence-corrected chi connectivity index (χ1v) is 4.54. The van der Waals surface area contributed by atoms with Gasteiger partial charge < -0.3 is 5.11 Å². The van der Waals surface area contributed by atoms with E-state index in [1.165, 1.54) is 0 Å².